The van der Waals surface area contributed by atoms with Crippen LogP contribution in [0.5, 0.6) is 11.5 Å². The topological polar surface area (TPSA) is 51.2 Å². The smallest absolute Gasteiger partial charge is 0.122 e. The van der Waals surface area contributed by atoms with Gasteiger partial charge in [-0.25, -0.2) is 0 Å². The summed E-state index contributed by atoms with van der Waals surface area (Å²) in [5, 5.41) is 10.5. The largest absolute Gasteiger partial charge is 0.497 e. The third-order valence-corrected chi connectivity index (χ3v) is 4.36. The molecule has 0 bridgehead atoms. The van der Waals surface area contributed by atoms with Crippen molar-refractivity contribution in [1.82, 2.24) is 4.90 Å². The molecule has 0 aliphatic heterocycles. The summed E-state index contributed by atoms with van der Waals surface area (Å²) in [4.78, 5) is 2.22. The van der Waals surface area contributed by atoms with Gasteiger partial charge in [-0.3, -0.25) is 4.90 Å². The minimum absolute atomic E-state index is 0.268. The quantitative estimate of drug-likeness (QED) is 0.579. The number of aliphatic hydroxyl groups excluding tert-OH is 1. The van der Waals surface area contributed by atoms with Crippen molar-refractivity contribution in [2.24, 2.45) is 0 Å². The lowest BCUT2D eigenvalue weighted by Crippen LogP contribution is -2.36. The first-order valence-corrected chi connectivity index (χ1v) is 9.33. The number of para-hydroxylation sites is 1. The summed E-state index contributed by atoms with van der Waals surface area (Å²) in [7, 11) is 3.37. The number of hydrogen-bond acceptors (Lipinski definition) is 5. The molecule has 0 radical (unpaired) electrons. The van der Waals surface area contributed by atoms with Crippen molar-refractivity contribution >= 4 is 0 Å². The third-order valence-electron chi connectivity index (χ3n) is 4.36. The second-order valence-corrected chi connectivity index (χ2v) is 6.66. The highest BCUT2D eigenvalue weighted by atomic mass is 16.5. The molecule has 0 saturated carbocycles. The molecule has 2 aromatic rings. The van der Waals surface area contributed by atoms with Crippen LogP contribution in [0.4, 0.5) is 0 Å². The molecule has 2 rings (SSSR count). The maximum Gasteiger partial charge on any atom is 0.122 e. The van der Waals surface area contributed by atoms with Crippen LogP contribution >= 0.6 is 0 Å². The second kappa shape index (κ2) is 11.6. The van der Waals surface area contributed by atoms with Crippen molar-refractivity contribution in [1.29, 1.82) is 0 Å². The van der Waals surface area contributed by atoms with E-state index in [0.29, 0.717) is 13.2 Å². The zero-order valence-corrected chi connectivity index (χ0v) is 16.6. The number of benzene rings is 2. The van der Waals surface area contributed by atoms with Crippen molar-refractivity contribution in [3.05, 3.63) is 59.7 Å². The second-order valence-electron chi connectivity index (χ2n) is 6.66. The highest BCUT2D eigenvalue weighted by Crippen LogP contribution is 2.17. The van der Waals surface area contributed by atoms with Gasteiger partial charge in [0, 0.05) is 33.4 Å². The fourth-order valence-corrected chi connectivity index (χ4v) is 2.95. The van der Waals surface area contributed by atoms with Crippen molar-refractivity contribution in [2.75, 3.05) is 40.5 Å². The Morgan fingerprint density at radius 3 is 2.63 bits per heavy atom. The normalized spacial score (nSPS) is 12.2. The van der Waals surface area contributed by atoms with Crippen LogP contribution in [0.25, 0.3) is 0 Å². The molecule has 0 fully saturated rings. The summed E-state index contributed by atoms with van der Waals surface area (Å²) in [6.45, 7) is 5.08. The Kier molecular flexibility index (Phi) is 9.11. The average Bonchev–Trinajstić information content (AvgIpc) is 2.67. The molecule has 27 heavy (non-hydrogen) atoms. The monoisotopic (exact) mass is 373 g/mol. The Hall–Kier alpha value is -2.08. The van der Waals surface area contributed by atoms with E-state index in [0.717, 1.165) is 42.1 Å². The lowest BCUT2D eigenvalue weighted by molar-refractivity contribution is 0.0615. The van der Waals surface area contributed by atoms with E-state index >= 15 is 0 Å². The van der Waals surface area contributed by atoms with E-state index in [-0.39, 0.29) is 6.61 Å². The fourth-order valence-electron chi connectivity index (χ4n) is 2.95. The van der Waals surface area contributed by atoms with Crippen molar-refractivity contribution in [3.63, 3.8) is 0 Å². The molecule has 0 unspecified atom stereocenters. The Morgan fingerprint density at radius 2 is 1.89 bits per heavy atom. The van der Waals surface area contributed by atoms with Crippen LogP contribution < -0.4 is 9.47 Å². The molecular weight excluding hydrogens is 342 g/mol. The van der Waals surface area contributed by atoms with Gasteiger partial charge in [-0.15, -0.1) is 0 Å². The summed E-state index contributed by atoms with van der Waals surface area (Å²) in [5.74, 6) is 1.66. The number of aliphatic hydroxyl groups is 1. The van der Waals surface area contributed by atoms with Gasteiger partial charge >= 0.3 is 0 Å². The van der Waals surface area contributed by atoms with Crippen molar-refractivity contribution < 1.29 is 19.3 Å². The van der Waals surface area contributed by atoms with Gasteiger partial charge in [-0.1, -0.05) is 30.3 Å². The molecule has 0 aromatic heterocycles. The maximum absolute atomic E-state index is 10.5. The molecule has 1 atom stereocenters. The molecule has 5 heteroatoms. The minimum atomic E-state index is -0.572. The van der Waals surface area contributed by atoms with Gasteiger partial charge in [-0.2, -0.15) is 0 Å². The third kappa shape index (κ3) is 7.59. The van der Waals surface area contributed by atoms with Crippen molar-refractivity contribution in [3.8, 4) is 11.5 Å². The fraction of sp³-hybridized carbons (Fsp3) is 0.455. The first kappa shape index (κ1) is 21.2. The van der Waals surface area contributed by atoms with Crippen LogP contribution in [0.2, 0.25) is 0 Å². The molecule has 5 nitrogen and oxygen atoms in total. The van der Waals surface area contributed by atoms with Gasteiger partial charge in [0.2, 0.25) is 0 Å². The maximum atomic E-state index is 10.5. The lowest BCUT2D eigenvalue weighted by atomic mass is 10.2. The number of aryl methyl sites for hydroxylation is 1. The van der Waals surface area contributed by atoms with Gasteiger partial charge in [0.1, 0.15) is 24.2 Å². The van der Waals surface area contributed by atoms with Crippen LogP contribution in [-0.2, 0) is 11.3 Å². The first-order chi connectivity index (χ1) is 13.1. The molecule has 1 N–H and O–H groups in total. The number of nitrogens with zero attached hydrogens (tertiary/aromatic N) is 1. The number of methoxy groups -OCH3 is 2. The zero-order chi connectivity index (χ0) is 19.5. The SMILES string of the molecule is COCCCN(Cc1cccc(OC)c1)C[C@@H](O)COc1ccccc1C. The molecule has 0 saturated heterocycles. The summed E-state index contributed by atoms with van der Waals surface area (Å²) < 4.78 is 16.3. The molecule has 0 spiro atoms. The van der Waals surface area contributed by atoms with Crippen LogP contribution in [0, 0.1) is 6.92 Å². The van der Waals surface area contributed by atoms with Gasteiger partial charge in [0.25, 0.3) is 0 Å². The first-order valence-electron chi connectivity index (χ1n) is 9.33. The average molecular weight is 373 g/mol. The summed E-state index contributed by atoms with van der Waals surface area (Å²) in [6.07, 6.45) is 0.337. The van der Waals surface area contributed by atoms with E-state index in [1.165, 1.54) is 0 Å². The highest BCUT2D eigenvalue weighted by molar-refractivity contribution is 5.31. The Balaban J connectivity index is 1.92. The zero-order valence-electron chi connectivity index (χ0n) is 16.6. The number of rotatable bonds is 12. The molecule has 0 amide bonds. The summed E-state index contributed by atoms with van der Waals surface area (Å²) >= 11 is 0. The van der Waals surface area contributed by atoms with Gasteiger partial charge in [0.05, 0.1) is 7.11 Å². The Bertz CT molecular complexity index is 677. The van der Waals surface area contributed by atoms with E-state index in [9.17, 15) is 5.11 Å². The van der Waals surface area contributed by atoms with Crippen LogP contribution in [0.3, 0.4) is 0 Å². The van der Waals surface area contributed by atoms with E-state index in [2.05, 4.69) is 11.0 Å². The molecule has 0 aliphatic rings. The van der Waals surface area contributed by atoms with Crippen LogP contribution in [0.15, 0.2) is 48.5 Å². The Labute approximate surface area is 162 Å². The standard InChI is InChI=1S/C22H31NO4/c1-18-8-4-5-11-22(18)27-17-20(24)16-23(12-7-13-25-2)15-19-9-6-10-21(14-19)26-3/h4-6,8-11,14,20,24H,7,12-13,15-17H2,1-3H3/t20-/m1/s1. The summed E-state index contributed by atoms with van der Waals surface area (Å²) in [5.41, 5.74) is 2.22. The Morgan fingerprint density at radius 1 is 1.07 bits per heavy atom. The molecule has 148 valence electrons. The molecule has 2 aromatic carbocycles. The van der Waals surface area contributed by atoms with Gasteiger partial charge in [0.15, 0.2) is 0 Å². The van der Waals surface area contributed by atoms with E-state index in [4.69, 9.17) is 14.2 Å². The van der Waals surface area contributed by atoms with Crippen LogP contribution in [-0.4, -0.2) is 56.6 Å². The predicted molar refractivity (Wildman–Crippen MR) is 107 cm³/mol. The summed E-state index contributed by atoms with van der Waals surface area (Å²) in [6, 6.07) is 15.9. The van der Waals surface area contributed by atoms with E-state index < -0.39 is 6.10 Å². The van der Waals surface area contributed by atoms with Crippen molar-refractivity contribution in [2.45, 2.75) is 26.0 Å². The molecule has 0 heterocycles. The molecular formula is C22H31NO4. The highest BCUT2D eigenvalue weighted by Gasteiger charge is 2.14. The van der Waals surface area contributed by atoms with Gasteiger partial charge < -0.3 is 19.3 Å². The number of ether oxygens (including phenoxy) is 3. The number of hydrogen-bond donors (Lipinski definition) is 1. The molecule has 0 aliphatic carbocycles. The lowest BCUT2D eigenvalue weighted by Gasteiger charge is -2.25. The van der Waals surface area contributed by atoms with E-state index in [1.54, 1.807) is 14.2 Å². The minimum Gasteiger partial charge on any atom is -0.497 e. The van der Waals surface area contributed by atoms with Crippen LogP contribution in [0.1, 0.15) is 17.5 Å². The predicted octanol–water partition coefficient (Wildman–Crippen LogP) is 3.28. The van der Waals surface area contributed by atoms with Gasteiger partial charge in [-0.05, 0) is 42.7 Å². The van der Waals surface area contributed by atoms with E-state index in [1.807, 2.05) is 49.4 Å².